The molecule has 2 atom stereocenters. The molecule has 1 aromatic rings. The summed E-state index contributed by atoms with van der Waals surface area (Å²) in [5.74, 6) is -0.503. The minimum Gasteiger partial charge on any atom is -0.399 e. The molecule has 1 aliphatic carbocycles. The Hall–Kier alpha value is -2.11. The minimum atomic E-state index is -1.53. The molecule has 0 saturated heterocycles. The lowest BCUT2D eigenvalue weighted by molar-refractivity contribution is 0.216. The van der Waals surface area contributed by atoms with Crippen LogP contribution in [0.4, 0.5) is 0 Å². The molecule has 0 spiro atoms. The first-order valence-electron chi connectivity index (χ1n) is 7.91. The van der Waals surface area contributed by atoms with Gasteiger partial charge in [0.2, 0.25) is 0 Å². The summed E-state index contributed by atoms with van der Waals surface area (Å²) in [4.78, 5) is 3.18. The molecule has 5 nitrogen and oxygen atoms in total. The fraction of sp³-hybridized carbons (Fsp3) is 0.389. The van der Waals surface area contributed by atoms with E-state index in [1.54, 1.807) is 0 Å². The summed E-state index contributed by atoms with van der Waals surface area (Å²) in [6, 6.07) is 8.41. The Labute approximate surface area is 159 Å². The van der Waals surface area contributed by atoms with Crippen molar-refractivity contribution in [3.8, 4) is 18.2 Å². The van der Waals surface area contributed by atoms with Gasteiger partial charge in [0.1, 0.15) is 6.07 Å². The normalized spacial score (nSPS) is 25.3. The first kappa shape index (κ1) is 17.7. The molecule has 7 heteroatoms. The van der Waals surface area contributed by atoms with E-state index in [0.717, 1.165) is 28.0 Å². The summed E-state index contributed by atoms with van der Waals surface area (Å²) >= 11 is 4.97. The highest BCUT2D eigenvalue weighted by Crippen LogP contribution is 2.55. The Balaban J connectivity index is 2.30. The predicted molar refractivity (Wildman–Crippen MR) is 98.9 cm³/mol. The summed E-state index contributed by atoms with van der Waals surface area (Å²) in [7, 11) is 0. The highest BCUT2D eigenvalue weighted by atomic mass is 79.9. The van der Waals surface area contributed by atoms with Crippen molar-refractivity contribution >= 4 is 27.3 Å². The zero-order chi connectivity index (χ0) is 18.2. The van der Waals surface area contributed by atoms with Crippen LogP contribution >= 0.6 is 27.3 Å². The van der Waals surface area contributed by atoms with E-state index in [0.29, 0.717) is 12.1 Å². The standard InChI is InChI=1S/C18H16BrN5S/c1-2-24-4-3-12-13(6-20)17(23)18(9-21,10-22)16(14(12)7-24)15-5-11(19)8-25-15/h3,5,8,14,16H,2,4,7,23H2,1H3/t14-,16-/m0/s1. The van der Waals surface area contributed by atoms with Gasteiger partial charge in [0, 0.05) is 39.7 Å². The van der Waals surface area contributed by atoms with Crippen molar-refractivity contribution in [2.24, 2.45) is 17.1 Å². The van der Waals surface area contributed by atoms with Gasteiger partial charge >= 0.3 is 0 Å². The Bertz CT molecular complexity index is 878. The molecule has 0 aromatic carbocycles. The molecular weight excluding hydrogens is 398 g/mol. The van der Waals surface area contributed by atoms with Crippen LogP contribution in [0.1, 0.15) is 17.7 Å². The van der Waals surface area contributed by atoms with Gasteiger partial charge in [-0.1, -0.05) is 13.0 Å². The quantitative estimate of drug-likeness (QED) is 0.801. The Morgan fingerprint density at radius 3 is 2.64 bits per heavy atom. The SMILES string of the molecule is CCN1CC=C2C(C#N)=C(N)C(C#N)(C#N)[C@H](c3cc(Br)cs3)[C@H]2C1. The molecule has 0 bridgehead atoms. The molecule has 2 aliphatic rings. The summed E-state index contributed by atoms with van der Waals surface area (Å²) in [6.07, 6.45) is 2.03. The van der Waals surface area contributed by atoms with Gasteiger partial charge in [-0.05, 0) is 34.1 Å². The van der Waals surface area contributed by atoms with Crippen LogP contribution in [0.2, 0.25) is 0 Å². The topological polar surface area (TPSA) is 101 Å². The zero-order valence-corrected chi connectivity index (χ0v) is 16.1. The lowest BCUT2D eigenvalue weighted by Crippen LogP contribution is -2.47. The summed E-state index contributed by atoms with van der Waals surface area (Å²) in [5, 5.41) is 31.5. The fourth-order valence-corrected chi connectivity index (χ4v) is 5.47. The van der Waals surface area contributed by atoms with Crippen LogP contribution in [-0.4, -0.2) is 24.5 Å². The van der Waals surface area contributed by atoms with Crippen LogP contribution in [-0.2, 0) is 0 Å². The van der Waals surface area contributed by atoms with E-state index in [1.165, 1.54) is 11.3 Å². The van der Waals surface area contributed by atoms with Crippen molar-refractivity contribution in [3.05, 3.63) is 43.7 Å². The van der Waals surface area contributed by atoms with Gasteiger partial charge in [0.05, 0.1) is 23.4 Å². The third-order valence-corrected chi connectivity index (χ3v) is 6.86. The van der Waals surface area contributed by atoms with E-state index in [-0.39, 0.29) is 11.6 Å². The first-order chi connectivity index (χ1) is 12.0. The molecule has 0 saturated carbocycles. The molecule has 126 valence electrons. The van der Waals surface area contributed by atoms with E-state index in [1.807, 2.05) is 17.5 Å². The van der Waals surface area contributed by atoms with Crippen LogP contribution in [0.15, 0.2) is 38.8 Å². The number of rotatable bonds is 2. The molecule has 2 heterocycles. The number of likely N-dealkylation sites (N-methyl/N-ethyl adjacent to an activating group) is 1. The number of halogens is 1. The maximum atomic E-state index is 9.94. The second kappa shape index (κ2) is 6.65. The lowest BCUT2D eigenvalue weighted by atomic mass is 9.59. The van der Waals surface area contributed by atoms with Crippen molar-refractivity contribution < 1.29 is 0 Å². The van der Waals surface area contributed by atoms with E-state index in [4.69, 9.17) is 5.73 Å². The van der Waals surface area contributed by atoms with Gasteiger partial charge in [-0.3, -0.25) is 4.90 Å². The smallest absolute Gasteiger partial charge is 0.192 e. The Morgan fingerprint density at radius 1 is 1.40 bits per heavy atom. The van der Waals surface area contributed by atoms with E-state index < -0.39 is 11.3 Å². The molecule has 0 fully saturated rings. The van der Waals surface area contributed by atoms with E-state index in [9.17, 15) is 15.8 Å². The van der Waals surface area contributed by atoms with Crippen LogP contribution in [0.5, 0.6) is 0 Å². The number of thiophene rings is 1. The van der Waals surface area contributed by atoms with Gasteiger partial charge in [-0.25, -0.2) is 0 Å². The summed E-state index contributed by atoms with van der Waals surface area (Å²) in [5.41, 5.74) is 5.98. The van der Waals surface area contributed by atoms with Gasteiger partial charge in [-0.15, -0.1) is 11.3 Å². The number of hydrogen-bond donors (Lipinski definition) is 1. The molecule has 0 unspecified atom stereocenters. The second-order valence-corrected chi connectivity index (χ2v) is 8.05. The molecule has 1 aliphatic heterocycles. The van der Waals surface area contributed by atoms with Gasteiger partial charge in [0.15, 0.2) is 5.41 Å². The molecule has 2 N–H and O–H groups in total. The third kappa shape index (κ3) is 2.58. The second-order valence-electron chi connectivity index (χ2n) is 6.20. The number of nitriles is 3. The van der Waals surface area contributed by atoms with Crippen LogP contribution in [0.25, 0.3) is 0 Å². The molecular formula is C18H16BrN5S. The van der Waals surface area contributed by atoms with Crippen LogP contribution in [0.3, 0.4) is 0 Å². The maximum absolute atomic E-state index is 9.94. The maximum Gasteiger partial charge on any atom is 0.192 e. The fourth-order valence-electron chi connectivity index (χ4n) is 3.79. The van der Waals surface area contributed by atoms with Crippen molar-refractivity contribution in [1.82, 2.24) is 4.90 Å². The molecule has 1 aromatic heterocycles. The number of nitrogens with two attached hydrogens (primary N) is 1. The third-order valence-electron chi connectivity index (χ3n) is 5.08. The molecule has 0 radical (unpaired) electrons. The highest BCUT2D eigenvalue weighted by molar-refractivity contribution is 9.10. The van der Waals surface area contributed by atoms with E-state index >= 15 is 0 Å². The molecule has 25 heavy (non-hydrogen) atoms. The van der Waals surface area contributed by atoms with E-state index in [2.05, 4.69) is 46.0 Å². The van der Waals surface area contributed by atoms with Crippen molar-refractivity contribution in [2.75, 3.05) is 19.6 Å². The number of nitrogens with zero attached hydrogens (tertiary/aromatic N) is 4. The first-order valence-corrected chi connectivity index (χ1v) is 9.59. The monoisotopic (exact) mass is 413 g/mol. The Kier molecular flexibility index (Phi) is 4.71. The molecule has 0 amide bonds. The average Bonchev–Trinajstić information content (AvgIpc) is 3.06. The van der Waals surface area contributed by atoms with Crippen molar-refractivity contribution in [3.63, 3.8) is 0 Å². The van der Waals surface area contributed by atoms with Crippen molar-refractivity contribution in [2.45, 2.75) is 12.8 Å². The van der Waals surface area contributed by atoms with Gasteiger partial charge in [0.25, 0.3) is 0 Å². The number of fused-ring (bicyclic) bond motifs is 1. The van der Waals surface area contributed by atoms with Crippen LogP contribution < -0.4 is 5.73 Å². The van der Waals surface area contributed by atoms with Gasteiger partial charge < -0.3 is 5.73 Å². The number of hydrogen-bond acceptors (Lipinski definition) is 6. The molecule has 3 rings (SSSR count). The average molecular weight is 414 g/mol. The lowest BCUT2D eigenvalue weighted by Gasteiger charge is -2.44. The summed E-state index contributed by atoms with van der Waals surface area (Å²) in [6.45, 7) is 4.39. The highest BCUT2D eigenvalue weighted by Gasteiger charge is 2.54. The predicted octanol–water partition coefficient (Wildman–Crippen LogP) is 3.26. The van der Waals surface area contributed by atoms with Crippen molar-refractivity contribution in [1.29, 1.82) is 15.8 Å². The number of allylic oxidation sites excluding steroid dienone is 2. The largest absolute Gasteiger partial charge is 0.399 e. The van der Waals surface area contributed by atoms with Gasteiger partial charge in [-0.2, -0.15) is 15.8 Å². The summed E-state index contributed by atoms with van der Waals surface area (Å²) < 4.78 is 0.916. The Morgan fingerprint density at radius 2 is 2.12 bits per heavy atom. The van der Waals surface area contributed by atoms with Crippen LogP contribution in [0, 0.1) is 45.3 Å². The minimum absolute atomic E-state index is 0.0852. The zero-order valence-electron chi connectivity index (χ0n) is 13.7.